The molecule has 1 fully saturated rings. The summed E-state index contributed by atoms with van der Waals surface area (Å²) in [6.07, 6.45) is 0.481. The number of hydrogen-bond donors (Lipinski definition) is 2. The van der Waals surface area contributed by atoms with Gasteiger partial charge >= 0.3 is 0 Å². The van der Waals surface area contributed by atoms with E-state index in [9.17, 15) is 22.0 Å². The number of carbonyl (C=O) groups is 1. The summed E-state index contributed by atoms with van der Waals surface area (Å²) >= 11 is 3.07. The zero-order chi connectivity index (χ0) is 19.6. The third-order valence-electron chi connectivity index (χ3n) is 3.91. The molecule has 144 valence electrons. The second-order valence-electron chi connectivity index (χ2n) is 5.91. The zero-order valence-corrected chi connectivity index (χ0v) is 16.2. The molecule has 2 aromatic carbocycles. The largest absolute Gasteiger partial charge is 0.380 e. The van der Waals surface area contributed by atoms with E-state index in [0.717, 1.165) is 12.1 Å². The number of amides is 1. The van der Waals surface area contributed by atoms with Crippen molar-refractivity contribution in [2.75, 3.05) is 18.5 Å². The zero-order valence-electron chi connectivity index (χ0n) is 13.8. The topological polar surface area (TPSA) is 84.5 Å². The van der Waals surface area contributed by atoms with Gasteiger partial charge in [0, 0.05) is 22.8 Å². The minimum absolute atomic E-state index is 0.0798. The highest BCUT2D eigenvalue weighted by Gasteiger charge is 2.28. The van der Waals surface area contributed by atoms with E-state index in [1.807, 2.05) is 0 Å². The van der Waals surface area contributed by atoms with E-state index in [1.54, 1.807) is 0 Å². The van der Waals surface area contributed by atoms with E-state index in [1.165, 1.54) is 24.3 Å². The average Bonchev–Trinajstić information content (AvgIpc) is 3.08. The van der Waals surface area contributed by atoms with Crippen molar-refractivity contribution < 1.29 is 26.7 Å². The molecule has 0 radical (unpaired) electrons. The fourth-order valence-electron chi connectivity index (χ4n) is 2.55. The molecule has 0 unspecified atom stereocenters. The minimum Gasteiger partial charge on any atom is -0.380 e. The molecule has 27 heavy (non-hydrogen) atoms. The quantitative estimate of drug-likeness (QED) is 0.717. The van der Waals surface area contributed by atoms with Crippen LogP contribution in [0.3, 0.4) is 0 Å². The Morgan fingerprint density at radius 1 is 1.19 bits per heavy atom. The SMILES string of the molecule is O=C(Nc1ccc(F)cc1)c1cc(S(=O)(=O)N[C@H]2CCOC2)c(F)cc1Br. The first-order valence-electron chi connectivity index (χ1n) is 7.92. The van der Waals surface area contributed by atoms with Gasteiger partial charge in [0.15, 0.2) is 0 Å². The lowest BCUT2D eigenvalue weighted by Gasteiger charge is -2.14. The van der Waals surface area contributed by atoms with Crippen LogP contribution in [-0.2, 0) is 14.8 Å². The lowest BCUT2D eigenvalue weighted by molar-refractivity contribution is 0.102. The Bertz CT molecular complexity index is 962. The van der Waals surface area contributed by atoms with Crippen LogP contribution in [0.5, 0.6) is 0 Å². The molecule has 6 nitrogen and oxygen atoms in total. The summed E-state index contributed by atoms with van der Waals surface area (Å²) in [6.45, 7) is 0.622. The van der Waals surface area contributed by atoms with Crippen LogP contribution in [0.4, 0.5) is 14.5 Å². The van der Waals surface area contributed by atoms with Gasteiger partial charge in [-0.25, -0.2) is 21.9 Å². The Kier molecular flexibility index (Phi) is 5.89. The maximum Gasteiger partial charge on any atom is 0.256 e. The molecule has 0 aliphatic carbocycles. The predicted molar refractivity (Wildman–Crippen MR) is 98.0 cm³/mol. The standard InChI is InChI=1S/C17H15BrF2N2O4S/c18-14-8-15(20)16(27(24,25)22-12-5-6-26-9-12)7-13(14)17(23)21-11-3-1-10(19)2-4-11/h1-4,7-8,12,22H,5-6,9H2,(H,21,23)/t12-/m0/s1. The van der Waals surface area contributed by atoms with Gasteiger partial charge < -0.3 is 10.1 Å². The summed E-state index contributed by atoms with van der Waals surface area (Å²) in [5.74, 6) is -2.13. The van der Waals surface area contributed by atoms with Gasteiger partial charge in [0.2, 0.25) is 10.0 Å². The average molecular weight is 461 g/mol. The first kappa shape index (κ1) is 19.9. The van der Waals surface area contributed by atoms with Gasteiger partial charge in [-0.05, 0) is 58.7 Å². The highest BCUT2D eigenvalue weighted by atomic mass is 79.9. The van der Waals surface area contributed by atoms with E-state index in [4.69, 9.17) is 4.74 Å². The van der Waals surface area contributed by atoms with Crippen LogP contribution < -0.4 is 10.0 Å². The van der Waals surface area contributed by atoms with Gasteiger partial charge in [-0.15, -0.1) is 0 Å². The van der Waals surface area contributed by atoms with Crippen molar-refractivity contribution in [3.8, 4) is 0 Å². The first-order valence-corrected chi connectivity index (χ1v) is 10.2. The molecule has 3 rings (SSSR count). The number of halogens is 3. The van der Waals surface area contributed by atoms with Gasteiger partial charge in [0.1, 0.15) is 16.5 Å². The van der Waals surface area contributed by atoms with Crippen molar-refractivity contribution >= 4 is 37.5 Å². The van der Waals surface area contributed by atoms with Gasteiger partial charge in [-0.3, -0.25) is 4.79 Å². The number of hydrogen-bond acceptors (Lipinski definition) is 4. The van der Waals surface area contributed by atoms with Gasteiger partial charge in [0.25, 0.3) is 5.91 Å². The number of nitrogens with one attached hydrogen (secondary N) is 2. The Morgan fingerprint density at radius 3 is 2.52 bits per heavy atom. The summed E-state index contributed by atoms with van der Waals surface area (Å²) in [4.78, 5) is 11.8. The van der Waals surface area contributed by atoms with E-state index >= 15 is 0 Å². The van der Waals surface area contributed by atoms with E-state index < -0.39 is 38.5 Å². The molecular formula is C17H15BrF2N2O4S. The van der Waals surface area contributed by atoms with Crippen LogP contribution in [0.2, 0.25) is 0 Å². The Balaban J connectivity index is 1.88. The second-order valence-corrected chi connectivity index (χ2v) is 8.44. The fraction of sp³-hybridized carbons (Fsp3) is 0.235. The summed E-state index contributed by atoms with van der Waals surface area (Å²) in [7, 11) is -4.18. The fourth-order valence-corrected chi connectivity index (χ4v) is 4.39. The van der Waals surface area contributed by atoms with Crippen LogP contribution in [0, 0.1) is 11.6 Å². The summed E-state index contributed by atoms with van der Waals surface area (Å²) in [6, 6.07) is 6.45. The maximum atomic E-state index is 14.3. The van der Waals surface area contributed by atoms with Gasteiger partial charge in [0.05, 0.1) is 12.2 Å². The molecular weight excluding hydrogens is 446 g/mol. The maximum absolute atomic E-state index is 14.3. The van der Waals surface area contributed by atoms with Crippen molar-refractivity contribution in [3.63, 3.8) is 0 Å². The first-order chi connectivity index (χ1) is 12.8. The van der Waals surface area contributed by atoms with Crippen molar-refractivity contribution in [2.45, 2.75) is 17.4 Å². The van der Waals surface area contributed by atoms with E-state index in [0.29, 0.717) is 18.7 Å². The van der Waals surface area contributed by atoms with Crippen molar-refractivity contribution in [1.29, 1.82) is 0 Å². The smallest absolute Gasteiger partial charge is 0.256 e. The summed E-state index contributed by atoms with van der Waals surface area (Å²) < 4.78 is 59.8. The van der Waals surface area contributed by atoms with Crippen molar-refractivity contribution in [3.05, 3.63) is 58.1 Å². The van der Waals surface area contributed by atoms with Crippen LogP contribution in [-0.4, -0.2) is 33.6 Å². The molecule has 0 aromatic heterocycles. The number of carbonyl (C=O) groups excluding carboxylic acids is 1. The number of anilines is 1. The van der Waals surface area contributed by atoms with Crippen LogP contribution >= 0.6 is 15.9 Å². The predicted octanol–water partition coefficient (Wildman–Crippen LogP) is 3.05. The molecule has 1 aliphatic rings. The van der Waals surface area contributed by atoms with E-state index in [2.05, 4.69) is 26.0 Å². The highest BCUT2D eigenvalue weighted by Crippen LogP contribution is 2.26. The normalized spacial score (nSPS) is 17.1. The molecule has 1 heterocycles. The summed E-state index contributed by atoms with van der Waals surface area (Å²) in [5.41, 5.74) is 0.229. The lowest BCUT2D eigenvalue weighted by atomic mass is 10.2. The minimum atomic E-state index is -4.18. The molecule has 2 aromatic rings. The molecule has 1 saturated heterocycles. The van der Waals surface area contributed by atoms with Gasteiger partial charge in [-0.2, -0.15) is 0 Å². The van der Waals surface area contributed by atoms with Crippen LogP contribution in [0.1, 0.15) is 16.8 Å². The second kappa shape index (κ2) is 8.01. The molecule has 0 bridgehead atoms. The third-order valence-corrected chi connectivity index (χ3v) is 6.10. The van der Waals surface area contributed by atoms with Crippen LogP contribution in [0.15, 0.2) is 45.8 Å². The monoisotopic (exact) mass is 460 g/mol. The molecule has 0 saturated carbocycles. The lowest BCUT2D eigenvalue weighted by Crippen LogP contribution is -2.35. The molecule has 2 N–H and O–H groups in total. The highest BCUT2D eigenvalue weighted by molar-refractivity contribution is 9.10. The molecule has 10 heteroatoms. The van der Waals surface area contributed by atoms with Crippen LogP contribution in [0.25, 0.3) is 0 Å². The Hall–Kier alpha value is -1.88. The van der Waals surface area contributed by atoms with Crippen molar-refractivity contribution in [2.24, 2.45) is 0 Å². The molecule has 0 spiro atoms. The number of sulfonamides is 1. The summed E-state index contributed by atoms with van der Waals surface area (Å²) in [5, 5.41) is 2.50. The number of benzene rings is 2. The number of rotatable bonds is 5. The van der Waals surface area contributed by atoms with E-state index in [-0.39, 0.29) is 16.6 Å². The van der Waals surface area contributed by atoms with Gasteiger partial charge in [-0.1, -0.05) is 0 Å². The molecule has 1 atom stereocenters. The van der Waals surface area contributed by atoms with Crippen molar-refractivity contribution in [1.82, 2.24) is 4.72 Å². The molecule has 1 amide bonds. The third kappa shape index (κ3) is 4.70. The Labute approximate surface area is 163 Å². The molecule has 1 aliphatic heterocycles. The Morgan fingerprint density at radius 2 is 1.89 bits per heavy atom. The number of ether oxygens (including phenoxy) is 1.